The maximum atomic E-state index is 13.8. The van der Waals surface area contributed by atoms with Crippen molar-refractivity contribution in [2.45, 2.75) is 56.6 Å². The number of hydrogen-bond acceptors (Lipinski definition) is 4. The summed E-state index contributed by atoms with van der Waals surface area (Å²) < 4.78 is 134. The van der Waals surface area contributed by atoms with Gasteiger partial charge < -0.3 is 0 Å². The number of benzene rings is 2. The van der Waals surface area contributed by atoms with Gasteiger partial charge in [0.05, 0.1) is 0 Å². The van der Waals surface area contributed by atoms with Gasteiger partial charge in [-0.25, -0.2) is 23.4 Å². The highest BCUT2D eigenvalue weighted by Crippen LogP contribution is 2.52. The van der Waals surface area contributed by atoms with Crippen LogP contribution in [0.3, 0.4) is 0 Å². The summed E-state index contributed by atoms with van der Waals surface area (Å²) >= 11 is -4.20. The third-order valence-corrected chi connectivity index (χ3v) is 14.2. The Morgan fingerprint density at radius 3 is 1.08 bits per heavy atom. The largest absolute Gasteiger partial charge is 0.517 e. The molecule has 6 nitrogen and oxygen atoms in total. The molecule has 0 saturated carbocycles. The molecule has 0 aromatic heterocycles. The van der Waals surface area contributed by atoms with E-state index in [-0.39, 0.29) is 17.7 Å². The number of hydrogen-bond donors (Lipinski definition) is 0. The van der Waals surface area contributed by atoms with E-state index in [2.05, 4.69) is 0 Å². The van der Waals surface area contributed by atoms with Gasteiger partial charge in [0.15, 0.2) is 0 Å². The molecule has 0 radical (unpaired) electrons. The van der Waals surface area contributed by atoms with Crippen LogP contribution < -0.4 is 0 Å². The summed E-state index contributed by atoms with van der Waals surface area (Å²) in [6, 6.07) is 4.98. The molecule has 198 valence electrons. The smallest absolute Gasteiger partial charge is 0.250 e. The van der Waals surface area contributed by atoms with Gasteiger partial charge in [-0.05, 0) is 38.8 Å². The SMILES string of the molecule is Cc1cc(C)cc([C@H]2[C@H](c3cc(C)cc(C)c3)[N](S(=O)(=O)C(F)(F)F)[Al]([CH3])[N]2S(=O)(=O)C(F)(F)F)c1. The summed E-state index contributed by atoms with van der Waals surface area (Å²) in [5.41, 5.74) is -9.75. The van der Waals surface area contributed by atoms with E-state index in [0.717, 1.165) is 5.79 Å². The molecule has 15 heteroatoms. The zero-order valence-electron chi connectivity index (χ0n) is 19.8. The first-order chi connectivity index (χ1) is 16.2. The molecule has 2 aromatic rings. The van der Waals surface area contributed by atoms with Crippen molar-refractivity contribution in [2.75, 3.05) is 0 Å². The molecule has 1 saturated heterocycles. The predicted molar refractivity (Wildman–Crippen MR) is 123 cm³/mol. The summed E-state index contributed by atoms with van der Waals surface area (Å²) in [6.07, 6.45) is 0. The topological polar surface area (TPSA) is 74.8 Å². The van der Waals surface area contributed by atoms with E-state index in [1.807, 2.05) is 0 Å². The van der Waals surface area contributed by atoms with Crippen molar-refractivity contribution in [3.63, 3.8) is 0 Å². The Morgan fingerprint density at radius 1 is 0.611 bits per heavy atom. The molecular formula is C21H23AlF6N2O4S2. The average Bonchev–Trinajstić information content (AvgIpc) is 2.99. The van der Waals surface area contributed by atoms with Crippen LogP contribution in [0, 0.1) is 27.7 Å². The molecule has 0 aliphatic carbocycles. The molecular weight excluding hydrogens is 549 g/mol. The van der Waals surface area contributed by atoms with Crippen LogP contribution in [0.5, 0.6) is 0 Å². The van der Waals surface area contributed by atoms with Gasteiger partial charge in [-0.3, -0.25) is 0 Å². The third kappa shape index (κ3) is 4.93. The van der Waals surface area contributed by atoms with Gasteiger partial charge in [-0.2, -0.15) is 26.3 Å². The quantitative estimate of drug-likeness (QED) is 0.376. The Labute approximate surface area is 210 Å². The molecule has 0 N–H and O–H groups in total. The van der Waals surface area contributed by atoms with E-state index >= 15 is 0 Å². The third-order valence-electron chi connectivity index (χ3n) is 5.90. The normalized spacial score (nSPS) is 20.8. The zero-order valence-corrected chi connectivity index (χ0v) is 22.6. The average molecular weight is 573 g/mol. The van der Waals surface area contributed by atoms with Crippen molar-refractivity contribution in [1.82, 2.24) is 6.58 Å². The minimum Gasteiger partial charge on any atom is -0.250 e. The van der Waals surface area contributed by atoms with Gasteiger partial charge in [0.1, 0.15) is 0 Å². The molecule has 0 unspecified atom stereocenters. The first-order valence-corrected chi connectivity index (χ1v) is 15.6. The number of sulfonamides is 2. The van der Waals surface area contributed by atoms with Gasteiger partial charge in [0.2, 0.25) is 0 Å². The molecule has 36 heavy (non-hydrogen) atoms. The van der Waals surface area contributed by atoms with Crippen molar-refractivity contribution in [1.29, 1.82) is 0 Å². The number of rotatable bonds is 4. The van der Waals surface area contributed by atoms with Crippen LogP contribution in [0.15, 0.2) is 36.4 Å². The van der Waals surface area contributed by atoms with Crippen molar-refractivity contribution in [2.24, 2.45) is 0 Å². The maximum Gasteiger partial charge on any atom is 0.517 e. The number of halogens is 6. The Balaban J connectivity index is 2.49. The van der Waals surface area contributed by atoms with Crippen molar-refractivity contribution in [3.8, 4) is 0 Å². The number of nitrogens with zero attached hydrogens (tertiary/aromatic N) is 2. The van der Waals surface area contributed by atoms with Crippen LogP contribution in [0.2, 0.25) is 5.79 Å². The maximum absolute atomic E-state index is 13.8. The number of alkyl halides is 6. The lowest BCUT2D eigenvalue weighted by Gasteiger charge is -2.32. The molecule has 2 aromatic carbocycles. The van der Waals surface area contributed by atoms with Crippen LogP contribution in [0.25, 0.3) is 0 Å². The second kappa shape index (κ2) is 9.29. The fourth-order valence-corrected chi connectivity index (χ4v) is 12.9. The second-order valence-corrected chi connectivity index (χ2v) is 15.7. The first kappa shape index (κ1) is 28.9. The highest BCUT2D eigenvalue weighted by Gasteiger charge is 2.68. The molecule has 2 atom stereocenters. The summed E-state index contributed by atoms with van der Waals surface area (Å²) in [5.74, 6) is 0.838. The minimum absolute atomic E-state index is 0.0349. The molecule has 1 aliphatic rings. The Bertz CT molecular complexity index is 1250. The van der Waals surface area contributed by atoms with E-state index in [4.69, 9.17) is 0 Å². The minimum atomic E-state index is -6.23. The van der Waals surface area contributed by atoms with E-state index in [9.17, 15) is 43.2 Å². The van der Waals surface area contributed by atoms with Crippen LogP contribution in [0.1, 0.15) is 45.5 Å². The van der Waals surface area contributed by atoms with E-state index in [0.29, 0.717) is 22.3 Å². The summed E-state index contributed by atoms with van der Waals surface area (Å²) in [5, 5.41) is 0. The van der Waals surface area contributed by atoms with Crippen LogP contribution in [-0.4, -0.2) is 49.0 Å². The van der Waals surface area contributed by atoms with Crippen LogP contribution in [0.4, 0.5) is 26.3 Å². The monoisotopic (exact) mass is 572 g/mol. The fraction of sp³-hybridized carbons (Fsp3) is 0.429. The van der Waals surface area contributed by atoms with Crippen LogP contribution >= 0.6 is 0 Å². The summed E-state index contributed by atoms with van der Waals surface area (Å²) in [4.78, 5) is 0. The highest BCUT2D eigenvalue weighted by molar-refractivity contribution is 7.93. The lowest BCUT2D eigenvalue weighted by Crippen LogP contribution is -2.53. The van der Waals surface area contributed by atoms with E-state index in [1.165, 1.54) is 24.3 Å². The Morgan fingerprint density at radius 2 is 0.861 bits per heavy atom. The van der Waals surface area contributed by atoms with Crippen molar-refractivity contribution < 1.29 is 43.2 Å². The van der Waals surface area contributed by atoms with Crippen molar-refractivity contribution >= 4 is 34.6 Å². The molecule has 1 heterocycles. The van der Waals surface area contributed by atoms with E-state index < -0.39 is 57.7 Å². The van der Waals surface area contributed by atoms with Gasteiger partial charge in [0, 0.05) is 12.1 Å². The lowest BCUT2D eigenvalue weighted by atomic mass is 9.91. The molecule has 1 aliphatic heterocycles. The van der Waals surface area contributed by atoms with Gasteiger partial charge >= 0.3 is 25.6 Å². The molecule has 0 spiro atoms. The standard InChI is InChI=1S/C20H20F6N2O4S2.CH3.Al/c1-11-5-12(2)8-15(7-11)17(27-33(29,30)19(21,22)23)18(28-34(31,32)20(24,25)26)16-9-13(3)6-14(4)10-16;;/h5-10,17-18H,1-4H3;1H3;/q-2;;+2/t17-,18-;;/m0../s1. The fourth-order valence-electron chi connectivity index (χ4n) is 4.81. The molecule has 1 fully saturated rings. The molecule has 3 rings (SSSR count). The van der Waals surface area contributed by atoms with Crippen LogP contribution in [-0.2, 0) is 20.0 Å². The van der Waals surface area contributed by atoms with Gasteiger partial charge in [-0.15, -0.1) is 0 Å². The second-order valence-electron chi connectivity index (χ2n) is 8.93. The van der Waals surface area contributed by atoms with E-state index in [1.54, 1.807) is 39.8 Å². The molecule has 0 amide bonds. The first-order valence-electron chi connectivity index (χ1n) is 10.6. The Kier molecular flexibility index (Phi) is 7.46. The van der Waals surface area contributed by atoms with Gasteiger partial charge in [-0.1, -0.05) is 64.4 Å². The predicted octanol–water partition coefficient (Wildman–Crippen LogP) is 5.14. The van der Waals surface area contributed by atoms with Gasteiger partial charge in [0.25, 0.3) is 20.0 Å². The van der Waals surface area contributed by atoms with Crippen molar-refractivity contribution in [3.05, 3.63) is 69.8 Å². The number of aryl methyl sites for hydroxylation is 4. The molecule has 0 bridgehead atoms. The lowest BCUT2D eigenvalue weighted by molar-refractivity contribution is -0.0486. The Hall–Kier alpha value is -1.63. The summed E-state index contributed by atoms with van der Waals surface area (Å²) in [7, 11) is -12.5. The summed E-state index contributed by atoms with van der Waals surface area (Å²) in [6.45, 7) is 6.35. The highest BCUT2D eigenvalue weighted by atomic mass is 32.2. The zero-order chi connectivity index (χ0) is 27.6.